The van der Waals surface area contributed by atoms with Gasteiger partial charge in [-0.1, -0.05) is 23.7 Å². The van der Waals surface area contributed by atoms with E-state index in [1.165, 1.54) is 24.3 Å². The molecule has 1 amide bonds. The van der Waals surface area contributed by atoms with Gasteiger partial charge in [-0.05, 0) is 61.7 Å². The van der Waals surface area contributed by atoms with E-state index in [2.05, 4.69) is 5.32 Å². The van der Waals surface area contributed by atoms with Crippen molar-refractivity contribution < 1.29 is 22.7 Å². The first kappa shape index (κ1) is 21.3. The Hall–Kier alpha value is -2.42. The molecule has 1 fully saturated rings. The number of halogens is 1. The number of anilines is 1. The lowest BCUT2D eigenvalue weighted by Crippen LogP contribution is -2.42. The first-order chi connectivity index (χ1) is 13.8. The highest BCUT2D eigenvalue weighted by Crippen LogP contribution is 2.27. The van der Waals surface area contributed by atoms with Crippen LogP contribution < -0.4 is 5.32 Å². The van der Waals surface area contributed by atoms with Crippen LogP contribution in [-0.4, -0.2) is 43.8 Å². The van der Waals surface area contributed by atoms with Crippen LogP contribution in [0.3, 0.4) is 0 Å². The number of hydrogen-bond donors (Lipinski definition) is 1. The molecule has 29 heavy (non-hydrogen) atoms. The van der Waals surface area contributed by atoms with Gasteiger partial charge in [0.2, 0.25) is 10.0 Å². The van der Waals surface area contributed by atoms with E-state index in [0.717, 1.165) is 9.87 Å². The minimum atomic E-state index is -3.87. The summed E-state index contributed by atoms with van der Waals surface area (Å²) in [6.07, 6.45) is 0.868. The minimum absolute atomic E-state index is 0.0544. The highest BCUT2D eigenvalue weighted by molar-refractivity contribution is 7.89. The SMILES string of the molecule is Cc1cccc(NC(=O)COC(=O)C2CCCN2S(=O)(=O)c2ccc(Cl)cc2)c1. The zero-order valence-corrected chi connectivity index (χ0v) is 17.4. The Morgan fingerprint density at radius 1 is 1.21 bits per heavy atom. The molecule has 154 valence electrons. The molecule has 1 heterocycles. The zero-order valence-electron chi connectivity index (χ0n) is 15.8. The standard InChI is InChI=1S/C20H21ClN2O5S/c1-14-4-2-5-16(12-14)22-19(24)13-28-20(25)18-6-3-11-23(18)29(26,27)17-9-7-15(21)8-10-17/h2,4-5,7-10,12,18H,3,6,11,13H2,1H3,(H,22,24). The van der Waals surface area contributed by atoms with E-state index < -0.39 is 34.5 Å². The van der Waals surface area contributed by atoms with Crippen molar-refractivity contribution in [3.63, 3.8) is 0 Å². The number of carbonyl (C=O) groups is 2. The van der Waals surface area contributed by atoms with Gasteiger partial charge in [-0.25, -0.2) is 8.42 Å². The van der Waals surface area contributed by atoms with Gasteiger partial charge in [-0.15, -0.1) is 0 Å². The Balaban J connectivity index is 1.62. The fourth-order valence-corrected chi connectivity index (χ4v) is 4.93. The van der Waals surface area contributed by atoms with E-state index in [0.29, 0.717) is 23.6 Å². The maximum Gasteiger partial charge on any atom is 0.324 e. The molecular weight excluding hydrogens is 416 g/mol. The molecular formula is C20H21ClN2O5S. The van der Waals surface area contributed by atoms with E-state index in [1.807, 2.05) is 13.0 Å². The third kappa shape index (κ3) is 5.14. The van der Waals surface area contributed by atoms with E-state index in [-0.39, 0.29) is 11.4 Å². The number of nitrogens with zero attached hydrogens (tertiary/aromatic N) is 1. The molecule has 0 saturated carbocycles. The lowest BCUT2D eigenvalue weighted by Gasteiger charge is -2.22. The van der Waals surface area contributed by atoms with E-state index >= 15 is 0 Å². The summed E-state index contributed by atoms with van der Waals surface area (Å²) in [7, 11) is -3.87. The Morgan fingerprint density at radius 3 is 2.62 bits per heavy atom. The van der Waals surface area contributed by atoms with E-state index in [1.54, 1.807) is 18.2 Å². The molecule has 2 aromatic rings. The quantitative estimate of drug-likeness (QED) is 0.702. The monoisotopic (exact) mass is 436 g/mol. The topological polar surface area (TPSA) is 92.8 Å². The summed E-state index contributed by atoms with van der Waals surface area (Å²) in [6.45, 7) is 1.61. The van der Waals surface area contributed by atoms with Crippen molar-refractivity contribution in [1.29, 1.82) is 0 Å². The van der Waals surface area contributed by atoms with Crippen LogP contribution >= 0.6 is 11.6 Å². The van der Waals surface area contributed by atoms with Gasteiger partial charge >= 0.3 is 5.97 Å². The maximum atomic E-state index is 12.9. The molecule has 9 heteroatoms. The molecule has 0 radical (unpaired) electrons. The molecule has 1 aliphatic heterocycles. The van der Waals surface area contributed by atoms with Crippen molar-refractivity contribution in [3.05, 3.63) is 59.1 Å². The second-order valence-electron chi connectivity index (χ2n) is 6.75. The van der Waals surface area contributed by atoms with Crippen LogP contribution in [-0.2, 0) is 24.3 Å². The molecule has 7 nitrogen and oxygen atoms in total. The smallest absolute Gasteiger partial charge is 0.324 e. The van der Waals surface area contributed by atoms with Crippen LogP contribution in [0.5, 0.6) is 0 Å². The lowest BCUT2D eigenvalue weighted by molar-refractivity contribution is -0.150. The molecule has 1 N–H and O–H groups in total. The Morgan fingerprint density at radius 2 is 1.93 bits per heavy atom. The number of nitrogens with one attached hydrogen (secondary N) is 1. The fourth-order valence-electron chi connectivity index (χ4n) is 3.16. The summed E-state index contributed by atoms with van der Waals surface area (Å²) in [4.78, 5) is 24.6. The average Bonchev–Trinajstić information content (AvgIpc) is 3.17. The molecule has 0 aromatic heterocycles. The van der Waals surface area contributed by atoms with Gasteiger partial charge in [0.25, 0.3) is 5.91 Å². The number of carbonyl (C=O) groups excluding carboxylic acids is 2. The molecule has 1 atom stereocenters. The van der Waals surface area contributed by atoms with Crippen molar-refractivity contribution in [2.45, 2.75) is 30.7 Å². The number of esters is 1. The predicted molar refractivity (Wildman–Crippen MR) is 109 cm³/mol. The fraction of sp³-hybridized carbons (Fsp3) is 0.300. The molecule has 1 aliphatic rings. The number of sulfonamides is 1. The summed E-state index contributed by atoms with van der Waals surface area (Å²) in [5.41, 5.74) is 1.58. The van der Waals surface area contributed by atoms with Gasteiger partial charge < -0.3 is 10.1 Å². The number of aryl methyl sites for hydroxylation is 1. The molecule has 0 aliphatic carbocycles. The van der Waals surface area contributed by atoms with Crippen molar-refractivity contribution in [3.8, 4) is 0 Å². The van der Waals surface area contributed by atoms with Crippen molar-refractivity contribution in [2.24, 2.45) is 0 Å². The summed E-state index contributed by atoms with van der Waals surface area (Å²) in [6, 6.07) is 12.0. The Kier molecular flexibility index (Phi) is 6.56. The van der Waals surface area contributed by atoms with Gasteiger partial charge in [0.15, 0.2) is 6.61 Å². The highest BCUT2D eigenvalue weighted by Gasteiger charge is 2.40. The van der Waals surface area contributed by atoms with Crippen LogP contribution in [0.4, 0.5) is 5.69 Å². The number of rotatable bonds is 6. The van der Waals surface area contributed by atoms with Crippen LogP contribution in [0.25, 0.3) is 0 Å². The molecule has 3 rings (SSSR count). The minimum Gasteiger partial charge on any atom is -0.454 e. The van der Waals surface area contributed by atoms with Gasteiger partial charge in [0, 0.05) is 17.3 Å². The van der Waals surface area contributed by atoms with Crippen molar-refractivity contribution in [1.82, 2.24) is 4.31 Å². The van der Waals surface area contributed by atoms with Crippen LogP contribution in [0.1, 0.15) is 18.4 Å². The predicted octanol–water partition coefficient (Wildman–Crippen LogP) is 2.98. The van der Waals surface area contributed by atoms with E-state index in [9.17, 15) is 18.0 Å². The number of ether oxygens (including phenoxy) is 1. The number of benzene rings is 2. The van der Waals surface area contributed by atoms with Gasteiger partial charge in [-0.3, -0.25) is 9.59 Å². The molecule has 0 bridgehead atoms. The first-order valence-corrected chi connectivity index (χ1v) is 10.9. The number of amides is 1. The Labute approximate surface area is 174 Å². The van der Waals surface area contributed by atoms with Gasteiger partial charge in [0.05, 0.1) is 4.90 Å². The summed E-state index contributed by atoms with van der Waals surface area (Å²) >= 11 is 5.82. The molecule has 1 saturated heterocycles. The summed E-state index contributed by atoms with van der Waals surface area (Å²) < 4.78 is 31.9. The Bertz CT molecular complexity index is 1010. The largest absolute Gasteiger partial charge is 0.454 e. The second kappa shape index (κ2) is 8.94. The molecule has 0 spiro atoms. The summed E-state index contributed by atoms with van der Waals surface area (Å²) in [5, 5.41) is 3.06. The van der Waals surface area contributed by atoms with Crippen LogP contribution in [0.15, 0.2) is 53.4 Å². The van der Waals surface area contributed by atoms with Crippen LogP contribution in [0.2, 0.25) is 5.02 Å². The lowest BCUT2D eigenvalue weighted by atomic mass is 10.2. The maximum absolute atomic E-state index is 12.9. The number of hydrogen-bond acceptors (Lipinski definition) is 5. The zero-order chi connectivity index (χ0) is 21.0. The van der Waals surface area contributed by atoms with Crippen molar-refractivity contribution in [2.75, 3.05) is 18.5 Å². The average molecular weight is 437 g/mol. The normalized spacial score (nSPS) is 17.1. The third-order valence-corrected chi connectivity index (χ3v) is 6.72. The first-order valence-electron chi connectivity index (χ1n) is 9.08. The third-order valence-electron chi connectivity index (χ3n) is 4.54. The van der Waals surface area contributed by atoms with E-state index in [4.69, 9.17) is 16.3 Å². The highest BCUT2D eigenvalue weighted by atomic mass is 35.5. The van der Waals surface area contributed by atoms with Crippen LogP contribution in [0, 0.1) is 6.92 Å². The molecule has 2 aromatic carbocycles. The summed E-state index contributed by atoms with van der Waals surface area (Å²) in [5.74, 6) is -1.23. The van der Waals surface area contributed by atoms with Crippen molar-refractivity contribution >= 4 is 39.2 Å². The van der Waals surface area contributed by atoms with Gasteiger partial charge in [-0.2, -0.15) is 4.31 Å². The second-order valence-corrected chi connectivity index (χ2v) is 9.08. The van der Waals surface area contributed by atoms with Gasteiger partial charge in [0.1, 0.15) is 6.04 Å². The molecule has 1 unspecified atom stereocenters.